The Morgan fingerprint density at radius 2 is 1.43 bits per heavy atom. The number of fused-ring (bicyclic) bond motifs is 1. The summed E-state index contributed by atoms with van der Waals surface area (Å²) >= 11 is 0. The summed E-state index contributed by atoms with van der Waals surface area (Å²) < 4.78 is 16.3. The second kappa shape index (κ2) is 17.9. The number of unbranched alkanes of at least 4 members (excludes halogenated alkanes) is 13. The summed E-state index contributed by atoms with van der Waals surface area (Å²) in [6.45, 7) is 4.31. The Hall–Kier alpha value is -1.44. The lowest BCUT2D eigenvalue weighted by Crippen LogP contribution is -2.47. The monoisotopic (exact) mass is 495 g/mol. The number of carboxylic acid groups (broad SMARTS) is 1. The van der Waals surface area contributed by atoms with Crippen molar-refractivity contribution in [2.75, 3.05) is 33.3 Å². The summed E-state index contributed by atoms with van der Waals surface area (Å²) in [6, 6.07) is 0. The third-order valence-corrected chi connectivity index (χ3v) is 7.23. The van der Waals surface area contributed by atoms with Gasteiger partial charge in [0, 0.05) is 0 Å². The number of carboxylic acids is 1. The second-order valence-corrected chi connectivity index (χ2v) is 10.4. The first-order chi connectivity index (χ1) is 17.1. The maximum absolute atomic E-state index is 12.3. The van der Waals surface area contributed by atoms with Gasteiger partial charge >= 0.3 is 11.9 Å². The molecule has 2 aliphatic heterocycles. The molecule has 2 heterocycles. The van der Waals surface area contributed by atoms with E-state index in [4.69, 9.17) is 14.2 Å². The third-order valence-electron chi connectivity index (χ3n) is 7.23. The van der Waals surface area contributed by atoms with Crippen molar-refractivity contribution in [3.05, 3.63) is 12.2 Å². The maximum atomic E-state index is 12.3. The van der Waals surface area contributed by atoms with Crippen LogP contribution < -0.4 is 0 Å². The lowest BCUT2D eigenvalue weighted by molar-refractivity contribution is -0.153. The number of carbonyl (C=O) groups is 2. The smallest absolute Gasteiger partial charge is 0.307 e. The molecule has 1 unspecified atom stereocenters. The van der Waals surface area contributed by atoms with Crippen molar-refractivity contribution in [2.45, 2.75) is 115 Å². The molecule has 2 saturated heterocycles. The SMILES string of the molecule is CCCCCCCCCCCCCCCC=CCC(CC(=O)OCC12COCN1COC2)C(=O)O. The van der Waals surface area contributed by atoms with Crippen molar-refractivity contribution in [1.82, 2.24) is 4.90 Å². The standard InChI is InChI=1S/C28H49NO6/c1-2-3-4-5-6-7-8-9-10-11-12-13-14-15-16-17-18-25(27(31)32)19-26(30)35-22-28-20-33-23-29(28)24-34-21-28/h16-17,25H,2-15,18-24H2,1H3,(H,31,32). The average molecular weight is 496 g/mol. The normalized spacial score (nSPS) is 18.2. The van der Waals surface area contributed by atoms with E-state index in [1.807, 2.05) is 11.0 Å². The first-order valence-electron chi connectivity index (χ1n) is 14.0. The highest BCUT2D eigenvalue weighted by Crippen LogP contribution is 2.29. The van der Waals surface area contributed by atoms with Crippen LogP contribution in [0.2, 0.25) is 0 Å². The van der Waals surface area contributed by atoms with E-state index in [0.29, 0.717) is 33.1 Å². The lowest BCUT2D eigenvalue weighted by Gasteiger charge is -2.26. The van der Waals surface area contributed by atoms with E-state index < -0.39 is 23.4 Å². The third kappa shape index (κ3) is 11.9. The van der Waals surface area contributed by atoms with Gasteiger partial charge in [0.1, 0.15) is 25.6 Å². The first-order valence-corrected chi connectivity index (χ1v) is 14.0. The molecular formula is C28H49NO6. The molecule has 7 nitrogen and oxygen atoms in total. The molecular weight excluding hydrogens is 446 g/mol. The van der Waals surface area contributed by atoms with Gasteiger partial charge in [0.25, 0.3) is 0 Å². The molecule has 1 N–H and O–H groups in total. The predicted octanol–water partition coefficient (Wildman–Crippen LogP) is 6.06. The Bertz CT molecular complexity index is 613. The van der Waals surface area contributed by atoms with Crippen LogP contribution in [0.25, 0.3) is 0 Å². The van der Waals surface area contributed by atoms with Crippen LogP contribution in [0.15, 0.2) is 12.2 Å². The van der Waals surface area contributed by atoms with Gasteiger partial charge in [0.15, 0.2) is 0 Å². The Kier molecular flexibility index (Phi) is 15.2. The van der Waals surface area contributed by atoms with E-state index in [1.54, 1.807) is 0 Å². The van der Waals surface area contributed by atoms with Gasteiger partial charge in [-0.2, -0.15) is 0 Å². The Balaban J connectivity index is 1.46. The van der Waals surface area contributed by atoms with Crippen LogP contribution in [-0.4, -0.2) is 60.8 Å². The molecule has 202 valence electrons. The molecule has 0 bridgehead atoms. The van der Waals surface area contributed by atoms with Gasteiger partial charge < -0.3 is 19.3 Å². The van der Waals surface area contributed by atoms with Gasteiger partial charge in [-0.05, 0) is 19.3 Å². The van der Waals surface area contributed by atoms with Crippen molar-refractivity contribution < 1.29 is 28.9 Å². The van der Waals surface area contributed by atoms with Crippen molar-refractivity contribution >= 4 is 11.9 Å². The zero-order valence-corrected chi connectivity index (χ0v) is 22.0. The van der Waals surface area contributed by atoms with E-state index in [-0.39, 0.29) is 13.0 Å². The van der Waals surface area contributed by atoms with E-state index in [1.165, 1.54) is 77.0 Å². The fraction of sp³-hybridized carbons (Fsp3) is 0.857. The van der Waals surface area contributed by atoms with Gasteiger partial charge in [0.2, 0.25) is 0 Å². The molecule has 0 spiro atoms. The maximum Gasteiger partial charge on any atom is 0.307 e. The molecule has 7 heteroatoms. The number of rotatable bonds is 21. The van der Waals surface area contributed by atoms with Crippen LogP contribution >= 0.6 is 0 Å². The van der Waals surface area contributed by atoms with Crippen molar-refractivity contribution in [1.29, 1.82) is 0 Å². The molecule has 0 saturated carbocycles. The summed E-state index contributed by atoms with van der Waals surface area (Å²) in [5.74, 6) is -2.19. The van der Waals surface area contributed by atoms with Gasteiger partial charge in [-0.25, -0.2) is 4.90 Å². The molecule has 0 aromatic carbocycles. The number of ether oxygens (including phenoxy) is 3. The Labute approximate surface area is 212 Å². The second-order valence-electron chi connectivity index (χ2n) is 10.4. The van der Waals surface area contributed by atoms with E-state index >= 15 is 0 Å². The molecule has 2 rings (SSSR count). The molecule has 2 fully saturated rings. The minimum absolute atomic E-state index is 0.115. The fourth-order valence-electron chi connectivity index (χ4n) is 4.81. The summed E-state index contributed by atoms with van der Waals surface area (Å²) in [6.07, 6.45) is 22.5. The lowest BCUT2D eigenvalue weighted by atomic mass is 10.0. The van der Waals surface area contributed by atoms with E-state index in [9.17, 15) is 14.7 Å². The van der Waals surface area contributed by atoms with Crippen LogP contribution in [-0.2, 0) is 23.8 Å². The highest BCUT2D eigenvalue weighted by atomic mass is 16.6. The number of hydrogen-bond donors (Lipinski definition) is 1. The average Bonchev–Trinajstić information content (AvgIpc) is 3.42. The van der Waals surface area contributed by atoms with E-state index in [2.05, 4.69) is 13.0 Å². The Morgan fingerprint density at radius 1 is 0.886 bits per heavy atom. The zero-order chi connectivity index (χ0) is 25.2. The number of carbonyl (C=O) groups excluding carboxylic acids is 1. The highest BCUT2D eigenvalue weighted by Gasteiger charge is 2.47. The van der Waals surface area contributed by atoms with Crippen LogP contribution in [0.3, 0.4) is 0 Å². The van der Waals surface area contributed by atoms with Gasteiger partial charge in [-0.15, -0.1) is 0 Å². The number of aliphatic carboxylic acids is 1. The number of hydrogen-bond acceptors (Lipinski definition) is 6. The molecule has 0 aromatic heterocycles. The van der Waals surface area contributed by atoms with Crippen LogP contribution in [0.1, 0.15) is 110 Å². The minimum atomic E-state index is -0.958. The topological polar surface area (TPSA) is 85.3 Å². The van der Waals surface area contributed by atoms with Crippen LogP contribution in [0.5, 0.6) is 0 Å². The van der Waals surface area contributed by atoms with Gasteiger partial charge in [0.05, 0.1) is 25.6 Å². The number of esters is 1. The molecule has 1 atom stereocenters. The molecule has 0 radical (unpaired) electrons. The van der Waals surface area contributed by atoms with Gasteiger partial charge in [-0.1, -0.05) is 96.1 Å². The first kappa shape index (κ1) is 29.8. The van der Waals surface area contributed by atoms with E-state index in [0.717, 1.165) is 12.8 Å². The summed E-state index contributed by atoms with van der Waals surface area (Å²) in [4.78, 5) is 25.8. The van der Waals surface area contributed by atoms with Crippen molar-refractivity contribution in [3.8, 4) is 0 Å². The summed E-state index contributed by atoms with van der Waals surface area (Å²) in [7, 11) is 0. The molecule has 35 heavy (non-hydrogen) atoms. The summed E-state index contributed by atoms with van der Waals surface area (Å²) in [5.41, 5.74) is -0.415. The quantitative estimate of drug-likeness (QED) is 0.118. The Morgan fingerprint density at radius 3 is 1.97 bits per heavy atom. The molecule has 0 aromatic rings. The number of allylic oxidation sites excluding steroid dienone is 2. The molecule has 0 aliphatic carbocycles. The van der Waals surface area contributed by atoms with Crippen molar-refractivity contribution in [2.24, 2.45) is 5.92 Å². The van der Waals surface area contributed by atoms with Crippen LogP contribution in [0, 0.1) is 5.92 Å². The van der Waals surface area contributed by atoms with Crippen molar-refractivity contribution in [3.63, 3.8) is 0 Å². The fourth-order valence-corrected chi connectivity index (χ4v) is 4.81. The molecule has 0 amide bonds. The van der Waals surface area contributed by atoms with Crippen LogP contribution in [0.4, 0.5) is 0 Å². The molecule has 2 aliphatic rings. The highest BCUT2D eigenvalue weighted by molar-refractivity contribution is 5.78. The largest absolute Gasteiger partial charge is 0.481 e. The van der Waals surface area contributed by atoms with Gasteiger partial charge in [-0.3, -0.25) is 9.59 Å². The number of nitrogens with zero attached hydrogens (tertiary/aromatic N) is 1. The zero-order valence-electron chi connectivity index (χ0n) is 22.0. The predicted molar refractivity (Wildman–Crippen MR) is 137 cm³/mol. The summed E-state index contributed by atoms with van der Waals surface area (Å²) in [5, 5.41) is 9.49. The minimum Gasteiger partial charge on any atom is -0.481 e.